The molecule has 21 heavy (non-hydrogen) atoms. The van der Waals surface area contributed by atoms with E-state index in [-0.39, 0.29) is 10.5 Å². The molecule has 102 valence electrons. The lowest BCUT2D eigenvalue weighted by molar-refractivity contribution is 1.44. The maximum atomic E-state index is 12.4. The SMILES string of the molecule is O=c1c(Cl)c2sc3ccccc3nc-2c2ccc(Cl)cc12. The quantitative estimate of drug-likeness (QED) is 0.326. The maximum Gasteiger partial charge on any atom is 0.206 e. The zero-order chi connectivity index (χ0) is 14.6. The molecule has 5 heteroatoms. The first kappa shape index (κ1) is 13.0. The first-order valence-electron chi connectivity index (χ1n) is 6.25. The van der Waals surface area contributed by atoms with Crippen molar-refractivity contribution in [3.05, 3.63) is 62.7 Å². The van der Waals surface area contributed by atoms with E-state index in [0.29, 0.717) is 10.4 Å². The summed E-state index contributed by atoms with van der Waals surface area (Å²) < 4.78 is 1.000. The summed E-state index contributed by atoms with van der Waals surface area (Å²) in [5, 5.41) is 2.02. The predicted octanol–water partition coefficient (Wildman–Crippen LogP) is 5.22. The van der Waals surface area contributed by atoms with Gasteiger partial charge in [0.25, 0.3) is 0 Å². The van der Waals surface area contributed by atoms with Crippen LogP contribution in [-0.4, -0.2) is 4.98 Å². The number of halogens is 2. The van der Waals surface area contributed by atoms with Crippen LogP contribution in [0.3, 0.4) is 0 Å². The largest absolute Gasteiger partial charge is 0.288 e. The number of benzene rings is 3. The maximum absolute atomic E-state index is 12.4. The Bertz CT molecular complexity index is 1040. The lowest BCUT2D eigenvalue weighted by atomic mass is 10.1. The van der Waals surface area contributed by atoms with Crippen LogP contribution in [-0.2, 0) is 0 Å². The summed E-state index contributed by atoms with van der Waals surface area (Å²) in [5.41, 5.74) is 1.44. The van der Waals surface area contributed by atoms with Gasteiger partial charge in [0, 0.05) is 15.8 Å². The highest BCUT2D eigenvalue weighted by molar-refractivity contribution is 7.22. The minimum atomic E-state index is -0.199. The molecule has 0 saturated carbocycles. The minimum absolute atomic E-state index is 0.199. The summed E-state index contributed by atoms with van der Waals surface area (Å²) >= 11 is 13.7. The average molecular weight is 332 g/mol. The summed E-state index contributed by atoms with van der Waals surface area (Å²) in [4.78, 5) is 17.8. The molecule has 0 amide bonds. The van der Waals surface area contributed by atoms with Gasteiger partial charge in [-0.25, -0.2) is 4.98 Å². The topological polar surface area (TPSA) is 30.0 Å². The third-order valence-electron chi connectivity index (χ3n) is 3.40. The molecule has 0 N–H and O–H groups in total. The molecule has 1 aliphatic heterocycles. The first-order valence-corrected chi connectivity index (χ1v) is 7.83. The lowest BCUT2D eigenvalue weighted by Gasteiger charge is -2.11. The van der Waals surface area contributed by atoms with Crippen molar-refractivity contribution >= 4 is 55.5 Å². The number of fused-ring (bicyclic) bond motifs is 4. The Kier molecular flexibility index (Phi) is 2.89. The molecule has 0 unspecified atom stereocenters. The standard InChI is InChI=1S/C16H7Cl2NOS/c17-8-5-6-9-10(7-8)15(20)13(18)16-14(9)19-11-3-1-2-4-12(11)21-16/h1-7H. The highest BCUT2D eigenvalue weighted by atomic mass is 35.5. The Labute approximate surface area is 133 Å². The molecule has 2 aromatic rings. The van der Waals surface area contributed by atoms with Gasteiger partial charge in [0.2, 0.25) is 5.43 Å². The van der Waals surface area contributed by atoms with Crippen molar-refractivity contribution in [2.24, 2.45) is 0 Å². The van der Waals surface area contributed by atoms with Crippen molar-refractivity contribution in [1.82, 2.24) is 4.98 Å². The van der Waals surface area contributed by atoms with Crippen LogP contribution in [0.5, 0.6) is 0 Å². The molecule has 1 heterocycles. The van der Waals surface area contributed by atoms with Gasteiger partial charge in [0.05, 0.1) is 20.8 Å². The summed E-state index contributed by atoms with van der Waals surface area (Å²) in [6.07, 6.45) is 0. The molecule has 0 radical (unpaired) electrons. The van der Waals surface area contributed by atoms with Crippen molar-refractivity contribution in [3.63, 3.8) is 0 Å². The Morgan fingerprint density at radius 1 is 1.00 bits per heavy atom. The van der Waals surface area contributed by atoms with Gasteiger partial charge in [-0.3, -0.25) is 4.79 Å². The third kappa shape index (κ3) is 1.93. The molecule has 2 aliphatic rings. The highest BCUT2D eigenvalue weighted by Crippen LogP contribution is 2.39. The normalized spacial score (nSPS) is 11.5. The fraction of sp³-hybridized carbons (Fsp3) is 0. The molecule has 0 bridgehead atoms. The average Bonchev–Trinajstić information content (AvgIpc) is 2.51. The molecule has 0 aromatic heterocycles. The summed E-state index contributed by atoms with van der Waals surface area (Å²) in [6.45, 7) is 0. The van der Waals surface area contributed by atoms with Gasteiger partial charge in [0.1, 0.15) is 5.02 Å². The summed E-state index contributed by atoms with van der Waals surface area (Å²) in [7, 11) is 0. The van der Waals surface area contributed by atoms with E-state index >= 15 is 0 Å². The Hall–Kier alpha value is -1.68. The molecular weight excluding hydrogens is 325 g/mol. The van der Waals surface area contributed by atoms with Crippen LogP contribution in [0.1, 0.15) is 0 Å². The number of hydrogen-bond donors (Lipinski definition) is 0. The van der Waals surface area contributed by atoms with Gasteiger partial charge in [0.15, 0.2) is 0 Å². The van der Waals surface area contributed by atoms with E-state index in [9.17, 15) is 4.79 Å². The zero-order valence-corrected chi connectivity index (χ0v) is 12.9. The van der Waals surface area contributed by atoms with E-state index in [2.05, 4.69) is 4.98 Å². The molecule has 0 atom stereocenters. The number of hydrogen-bond acceptors (Lipinski definition) is 3. The van der Waals surface area contributed by atoms with Crippen LogP contribution >= 0.6 is 34.5 Å². The van der Waals surface area contributed by atoms with Crippen LogP contribution in [0.15, 0.2) is 47.3 Å². The zero-order valence-electron chi connectivity index (χ0n) is 10.6. The smallest absolute Gasteiger partial charge is 0.206 e. The predicted molar refractivity (Wildman–Crippen MR) is 90.0 cm³/mol. The van der Waals surface area contributed by atoms with Gasteiger partial charge < -0.3 is 0 Å². The second kappa shape index (κ2) is 4.67. The van der Waals surface area contributed by atoms with Crippen LogP contribution in [0, 0.1) is 0 Å². The van der Waals surface area contributed by atoms with Gasteiger partial charge in [-0.05, 0) is 24.3 Å². The second-order valence-corrected chi connectivity index (χ2v) is 6.56. The third-order valence-corrected chi connectivity index (χ3v) is 5.28. The van der Waals surface area contributed by atoms with Gasteiger partial charge in [-0.2, -0.15) is 0 Å². The van der Waals surface area contributed by atoms with E-state index in [4.69, 9.17) is 23.2 Å². The Balaban J connectivity index is 2.31. The monoisotopic (exact) mass is 331 g/mol. The summed E-state index contributed by atoms with van der Waals surface area (Å²) in [5.74, 6) is 0. The van der Waals surface area contributed by atoms with E-state index in [1.807, 2.05) is 30.3 Å². The van der Waals surface area contributed by atoms with E-state index < -0.39 is 0 Å². The van der Waals surface area contributed by atoms with Crippen LogP contribution < -0.4 is 5.43 Å². The van der Waals surface area contributed by atoms with E-state index in [1.54, 1.807) is 12.1 Å². The van der Waals surface area contributed by atoms with Crippen molar-refractivity contribution < 1.29 is 0 Å². The number of nitrogens with zero attached hydrogens (tertiary/aromatic N) is 1. The summed E-state index contributed by atoms with van der Waals surface area (Å²) in [6, 6.07) is 13.0. The number of para-hydroxylation sites is 1. The lowest BCUT2D eigenvalue weighted by Crippen LogP contribution is -2.06. The fourth-order valence-electron chi connectivity index (χ4n) is 2.43. The number of aromatic nitrogens is 1. The van der Waals surface area contributed by atoms with E-state index in [0.717, 1.165) is 26.2 Å². The van der Waals surface area contributed by atoms with Crippen molar-refractivity contribution in [2.45, 2.75) is 0 Å². The van der Waals surface area contributed by atoms with Crippen molar-refractivity contribution in [1.29, 1.82) is 0 Å². The van der Waals surface area contributed by atoms with Gasteiger partial charge >= 0.3 is 0 Å². The second-order valence-electron chi connectivity index (χ2n) is 4.69. The fourth-order valence-corrected chi connectivity index (χ4v) is 3.93. The van der Waals surface area contributed by atoms with Crippen molar-refractivity contribution in [2.75, 3.05) is 0 Å². The van der Waals surface area contributed by atoms with E-state index in [1.165, 1.54) is 11.3 Å². The first-order chi connectivity index (χ1) is 10.1. The van der Waals surface area contributed by atoms with Crippen molar-refractivity contribution in [3.8, 4) is 10.6 Å². The number of rotatable bonds is 0. The molecule has 4 rings (SSSR count). The molecule has 0 saturated heterocycles. The highest BCUT2D eigenvalue weighted by Gasteiger charge is 2.19. The molecular formula is C16H7Cl2NOS. The molecule has 1 aliphatic carbocycles. The molecule has 0 fully saturated rings. The minimum Gasteiger partial charge on any atom is -0.288 e. The Morgan fingerprint density at radius 2 is 1.81 bits per heavy atom. The molecule has 2 nitrogen and oxygen atoms in total. The van der Waals surface area contributed by atoms with Gasteiger partial charge in [-0.15, -0.1) is 11.3 Å². The Morgan fingerprint density at radius 3 is 2.67 bits per heavy atom. The molecule has 0 spiro atoms. The molecule has 2 aromatic carbocycles. The van der Waals surface area contributed by atoms with Crippen LogP contribution in [0.25, 0.3) is 31.6 Å². The van der Waals surface area contributed by atoms with Crippen LogP contribution in [0.2, 0.25) is 10.0 Å². The van der Waals surface area contributed by atoms with Gasteiger partial charge in [-0.1, -0.05) is 41.4 Å². The van der Waals surface area contributed by atoms with Crippen LogP contribution in [0.4, 0.5) is 0 Å².